The van der Waals surface area contributed by atoms with E-state index in [4.69, 9.17) is 4.74 Å². The summed E-state index contributed by atoms with van der Waals surface area (Å²) in [5.41, 5.74) is 2.29. The van der Waals surface area contributed by atoms with Gasteiger partial charge in [0, 0.05) is 12.1 Å². The molecule has 0 saturated carbocycles. The van der Waals surface area contributed by atoms with Crippen molar-refractivity contribution in [1.29, 1.82) is 5.26 Å². The monoisotopic (exact) mass is 541 g/mol. The lowest BCUT2D eigenvalue weighted by atomic mass is 10.1. The average molecular weight is 542 g/mol. The summed E-state index contributed by atoms with van der Waals surface area (Å²) in [5, 5.41) is 25.4. The van der Waals surface area contributed by atoms with Crippen LogP contribution in [0.5, 0.6) is 5.75 Å². The first kappa shape index (κ1) is 24.6. The van der Waals surface area contributed by atoms with E-state index in [-0.39, 0.29) is 16.9 Å². The van der Waals surface area contributed by atoms with Crippen LogP contribution in [0.4, 0.5) is 11.4 Å². The van der Waals surface area contributed by atoms with Crippen molar-refractivity contribution in [3.8, 4) is 11.8 Å². The van der Waals surface area contributed by atoms with Crippen molar-refractivity contribution in [1.82, 2.24) is 0 Å². The van der Waals surface area contributed by atoms with E-state index < -0.39 is 10.8 Å². The predicted octanol–water partition coefficient (Wildman–Crippen LogP) is 6.94. The number of ether oxygens (including phenoxy) is 1. The second kappa shape index (κ2) is 10.8. The smallest absolute Gasteiger partial charge is 0.271 e. The highest BCUT2D eigenvalue weighted by Gasteiger charge is 2.15. The van der Waals surface area contributed by atoms with Gasteiger partial charge in [0.25, 0.3) is 11.6 Å². The number of nitro groups is 1. The van der Waals surface area contributed by atoms with Crippen molar-refractivity contribution in [2.24, 2.45) is 0 Å². The number of non-ortho nitro benzene ring substituents is 1. The number of nitrogens with zero attached hydrogens (tertiary/aromatic N) is 2. The number of nitrogens with one attached hydrogen (secondary N) is 1. The van der Waals surface area contributed by atoms with Gasteiger partial charge in [-0.25, -0.2) is 0 Å². The highest BCUT2D eigenvalue weighted by molar-refractivity contribution is 9.10. The van der Waals surface area contributed by atoms with Crippen molar-refractivity contribution < 1.29 is 14.5 Å². The normalized spacial score (nSPS) is 11.1. The topological polar surface area (TPSA) is 105 Å². The van der Waals surface area contributed by atoms with Gasteiger partial charge in [0.1, 0.15) is 24.0 Å². The molecule has 0 fully saturated rings. The first-order chi connectivity index (χ1) is 17.4. The fourth-order valence-corrected chi connectivity index (χ4v) is 4.17. The molecule has 1 amide bonds. The molecule has 0 aliphatic carbocycles. The Morgan fingerprint density at radius 3 is 2.64 bits per heavy atom. The van der Waals surface area contributed by atoms with Crippen LogP contribution in [0.1, 0.15) is 16.7 Å². The molecular weight excluding hydrogens is 522 g/mol. The highest BCUT2D eigenvalue weighted by Crippen LogP contribution is 2.29. The van der Waals surface area contributed by atoms with Gasteiger partial charge in [0.2, 0.25) is 0 Å². The number of halogens is 1. The van der Waals surface area contributed by atoms with Crippen LogP contribution in [0.15, 0.2) is 88.9 Å². The lowest BCUT2D eigenvalue weighted by molar-refractivity contribution is -0.384. The Kier molecular flexibility index (Phi) is 7.42. The molecular formula is C28H20BrN3O4. The Bertz CT molecular complexity index is 1550. The number of aryl methyl sites for hydroxylation is 1. The fourth-order valence-electron chi connectivity index (χ4n) is 3.66. The largest absolute Gasteiger partial charge is 0.488 e. The Balaban J connectivity index is 1.50. The number of amides is 1. The van der Waals surface area contributed by atoms with E-state index in [1.54, 1.807) is 25.1 Å². The molecule has 0 aliphatic heterocycles. The van der Waals surface area contributed by atoms with Gasteiger partial charge in [0.05, 0.1) is 15.1 Å². The molecule has 1 N–H and O–H groups in total. The van der Waals surface area contributed by atoms with Crippen molar-refractivity contribution in [3.05, 3.63) is 116 Å². The van der Waals surface area contributed by atoms with Crippen LogP contribution < -0.4 is 10.1 Å². The van der Waals surface area contributed by atoms with Gasteiger partial charge in [0.15, 0.2) is 0 Å². The summed E-state index contributed by atoms with van der Waals surface area (Å²) in [7, 11) is 0. The number of carbonyl (C=O) groups is 1. The molecule has 0 radical (unpaired) electrons. The maximum absolute atomic E-state index is 12.7. The van der Waals surface area contributed by atoms with E-state index in [0.29, 0.717) is 28.0 Å². The molecule has 0 spiro atoms. The predicted molar refractivity (Wildman–Crippen MR) is 142 cm³/mol. The minimum absolute atomic E-state index is 0.141. The van der Waals surface area contributed by atoms with Crippen molar-refractivity contribution >= 4 is 50.1 Å². The number of carbonyl (C=O) groups excluding carboxylic acids is 1. The van der Waals surface area contributed by atoms with Crippen molar-refractivity contribution in [3.63, 3.8) is 0 Å². The fraction of sp³-hybridized carbons (Fsp3) is 0.0714. The number of nitro benzene ring substituents is 1. The van der Waals surface area contributed by atoms with E-state index in [2.05, 4.69) is 39.4 Å². The van der Waals surface area contributed by atoms with Gasteiger partial charge >= 0.3 is 0 Å². The molecule has 0 heterocycles. The summed E-state index contributed by atoms with van der Waals surface area (Å²) < 4.78 is 6.69. The molecule has 4 aromatic carbocycles. The molecule has 4 rings (SSSR count). The minimum atomic E-state index is -0.659. The molecule has 0 saturated heterocycles. The zero-order valence-corrected chi connectivity index (χ0v) is 20.8. The molecule has 4 aromatic rings. The summed E-state index contributed by atoms with van der Waals surface area (Å²) in [6.07, 6.45) is 1.45. The van der Waals surface area contributed by atoms with E-state index in [9.17, 15) is 20.2 Å². The second-order valence-corrected chi connectivity index (χ2v) is 8.85. The molecule has 0 unspecified atom stereocenters. The van der Waals surface area contributed by atoms with Gasteiger partial charge < -0.3 is 10.1 Å². The molecule has 178 valence electrons. The Hall–Kier alpha value is -4.48. The van der Waals surface area contributed by atoms with Crippen molar-refractivity contribution in [2.75, 3.05) is 5.32 Å². The maximum atomic E-state index is 12.7. The van der Waals surface area contributed by atoms with Crippen LogP contribution in [0.3, 0.4) is 0 Å². The van der Waals surface area contributed by atoms with Crippen LogP contribution >= 0.6 is 15.9 Å². The lowest BCUT2D eigenvalue weighted by Crippen LogP contribution is -2.14. The molecule has 7 nitrogen and oxygen atoms in total. The highest BCUT2D eigenvalue weighted by atomic mass is 79.9. The molecule has 36 heavy (non-hydrogen) atoms. The first-order valence-electron chi connectivity index (χ1n) is 10.9. The van der Waals surface area contributed by atoms with E-state index in [1.807, 2.05) is 30.3 Å². The zero-order valence-electron chi connectivity index (χ0n) is 19.2. The van der Waals surface area contributed by atoms with Crippen LogP contribution in [-0.2, 0) is 11.4 Å². The SMILES string of the molecule is Cc1ccc([N+](=O)[O-])cc1NC(=O)/C(C#N)=C/c1ccc(OCc2cccc3ccccc23)c(Br)c1. The van der Waals surface area contributed by atoms with Crippen molar-refractivity contribution in [2.45, 2.75) is 13.5 Å². The minimum Gasteiger partial charge on any atom is -0.488 e. The van der Waals surface area contributed by atoms with E-state index in [0.717, 1.165) is 16.3 Å². The molecule has 0 aliphatic rings. The summed E-state index contributed by atoms with van der Waals surface area (Å²) in [5.74, 6) is -0.0382. The van der Waals surface area contributed by atoms with Gasteiger partial charge in [-0.15, -0.1) is 0 Å². The van der Waals surface area contributed by atoms with E-state index >= 15 is 0 Å². The van der Waals surface area contributed by atoms with Crippen LogP contribution in [0.2, 0.25) is 0 Å². The summed E-state index contributed by atoms with van der Waals surface area (Å²) in [6.45, 7) is 2.09. The number of anilines is 1. The number of hydrogen-bond acceptors (Lipinski definition) is 5. The van der Waals surface area contributed by atoms with E-state index in [1.165, 1.54) is 24.3 Å². The molecule has 8 heteroatoms. The van der Waals surface area contributed by atoms with Gasteiger partial charge in [-0.05, 0) is 68.5 Å². The summed E-state index contributed by atoms with van der Waals surface area (Å²) in [4.78, 5) is 23.2. The van der Waals surface area contributed by atoms with Gasteiger partial charge in [-0.3, -0.25) is 14.9 Å². The third-order valence-electron chi connectivity index (χ3n) is 5.58. The number of hydrogen-bond donors (Lipinski definition) is 1. The Morgan fingerprint density at radius 2 is 1.89 bits per heavy atom. The number of rotatable bonds is 7. The number of fused-ring (bicyclic) bond motifs is 1. The van der Waals surface area contributed by atoms with Crippen LogP contribution in [0, 0.1) is 28.4 Å². The number of benzene rings is 4. The first-order valence-corrected chi connectivity index (χ1v) is 11.7. The summed E-state index contributed by atoms with van der Waals surface area (Å²) in [6, 6.07) is 25.5. The maximum Gasteiger partial charge on any atom is 0.271 e. The zero-order chi connectivity index (χ0) is 25.7. The summed E-state index contributed by atoms with van der Waals surface area (Å²) >= 11 is 3.50. The molecule has 0 aromatic heterocycles. The molecule has 0 bridgehead atoms. The third-order valence-corrected chi connectivity index (χ3v) is 6.20. The van der Waals surface area contributed by atoms with Gasteiger partial charge in [-0.1, -0.05) is 54.6 Å². The van der Waals surface area contributed by atoms with Crippen LogP contribution in [0.25, 0.3) is 16.8 Å². The Labute approximate surface area is 215 Å². The quantitative estimate of drug-likeness (QED) is 0.118. The second-order valence-electron chi connectivity index (χ2n) is 8.00. The average Bonchev–Trinajstić information content (AvgIpc) is 2.87. The number of nitriles is 1. The Morgan fingerprint density at radius 1 is 1.11 bits per heavy atom. The lowest BCUT2D eigenvalue weighted by Gasteiger charge is -2.11. The standard InChI is InChI=1S/C28H20BrN3O4/c1-18-9-11-23(32(34)35)15-26(18)31-28(33)22(16-30)13-19-10-12-27(25(29)14-19)36-17-21-7-4-6-20-5-2-3-8-24(20)21/h2-15H,17H2,1H3,(H,31,33)/b22-13+. The third kappa shape index (κ3) is 5.59. The van der Waals surface area contributed by atoms with Crippen LogP contribution in [-0.4, -0.2) is 10.8 Å². The van der Waals surface area contributed by atoms with Gasteiger partial charge in [-0.2, -0.15) is 5.26 Å². The molecule has 0 atom stereocenters.